The number of hydrogen-bond donors (Lipinski definition) is 0. The van der Waals surface area contributed by atoms with Crippen LogP contribution < -0.4 is 4.90 Å². The lowest BCUT2D eigenvalue weighted by Crippen LogP contribution is -2.16. The van der Waals surface area contributed by atoms with Crippen LogP contribution in [0.2, 0.25) is 0 Å². The fourth-order valence-electron chi connectivity index (χ4n) is 8.83. The maximum atomic E-state index is 6.29. The smallest absolute Gasteiger partial charge is 0.135 e. The SMILES string of the molecule is CC1(C)c2ccccc2-c2c(N(c3ccc(-c4c5ccccc5cc5sc6ccccc6c45)cc3)c3ccc4oc5ccccc5c4c3)cccc21. The van der Waals surface area contributed by atoms with Gasteiger partial charge in [-0.25, -0.2) is 0 Å². The van der Waals surface area contributed by atoms with Gasteiger partial charge in [-0.15, -0.1) is 11.3 Å². The molecule has 246 valence electrons. The molecule has 1 aliphatic rings. The second-order valence-corrected chi connectivity index (χ2v) is 15.6. The molecule has 1 aliphatic carbocycles. The lowest BCUT2D eigenvalue weighted by molar-refractivity contribution is 0.660. The average Bonchev–Trinajstić information content (AvgIpc) is 3.82. The highest BCUT2D eigenvalue weighted by atomic mass is 32.1. The molecular weight excluding hydrogens is 651 g/mol. The Morgan fingerprint density at radius 3 is 2.08 bits per heavy atom. The summed E-state index contributed by atoms with van der Waals surface area (Å²) in [6.45, 7) is 4.70. The van der Waals surface area contributed by atoms with Gasteiger partial charge in [0.05, 0.1) is 5.69 Å². The van der Waals surface area contributed by atoms with Gasteiger partial charge in [-0.3, -0.25) is 0 Å². The van der Waals surface area contributed by atoms with Crippen LogP contribution in [0.3, 0.4) is 0 Å². The predicted molar refractivity (Wildman–Crippen MR) is 222 cm³/mol. The van der Waals surface area contributed by atoms with Gasteiger partial charge in [0.1, 0.15) is 11.2 Å². The summed E-state index contributed by atoms with van der Waals surface area (Å²) < 4.78 is 8.93. The van der Waals surface area contributed by atoms with E-state index in [0.717, 1.165) is 33.3 Å². The number of anilines is 3. The van der Waals surface area contributed by atoms with Gasteiger partial charge in [-0.1, -0.05) is 123 Å². The number of fused-ring (bicyclic) bond motifs is 10. The molecule has 0 atom stereocenters. The highest BCUT2D eigenvalue weighted by Gasteiger charge is 2.37. The van der Waals surface area contributed by atoms with Crippen molar-refractivity contribution in [1.29, 1.82) is 0 Å². The van der Waals surface area contributed by atoms with Crippen LogP contribution in [0.1, 0.15) is 25.0 Å². The van der Waals surface area contributed by atoms with Gasteiger partial charge in [-0.05, 0) is 93.2 Å². The quantitative estimate of drug-likeness (QED) is 0.184. The average molecular weight is 684 g/mol. The van der Waals surface area contributed by atoms with Crippen molar-refractivity contribution in [3.8, 4) is 22.3 Å². The highest BCUT2D eigenvalue weighted by Crippen LogP contribution is 2.54. The zero-order valence-electron chi connectivity index (χ0n) is 28.9. The van der Waals surface area contributed by atoms with Crippen molar-refractivity contribution in [3.05, 3.63) is 175 Å². The Labute approximate surface area is 305 Å². The van der Waals surface area contributed by atoms with Crippen molar-refractivity contribution in [1.82, 2.24) is 0 Å². The summed E-state index contributed by atoms with van der Waals surface area (Å²) in [6, 6.07) is 59.9. The monoisotopic (exact) mass is 683 g/mol. The molecule has 52 heavy (non-hydrogen) atoms. The number of nitrogens with zero attached hydrogens (tertiary/aromatic N) is 1. The van der Waals surface area contributed by atoms with Crippen LogP contribution >= 0.6 is 11.3 Å². The molecule has 11 rings (SSSR count). The van der Waals surface area contributed by atoms with Crippen LogP contribution in [0.15, 0.2) is 168 Å². The maximum absolute atomic E-state index is 6.29. The number of hydrogen-bond acceptors (Lipinski definition) is 3. The Morgan fingerprint density at radius 2 is 1.19 bits per heavy atom. The molecule has 0 saturated heterocycles. The van der Waals surface area contributed by atoms with Crippen LogP contribution in [-0.2, 0) is 5.41 Å². The third-order valence-corrected chi connectivity index (χ3v) is 12.4. The van der Waals surface area contributed by atoms with Crippen LogP contribution in [0.4, 0.5) is 17.1 Å². The second kappa shape index (κ2) is 10.9. The molecule has 0 amide bonds. The summed E-state index contributed by atoms with van der Waals surface area (Å²) in [5, 5.41) is 7.44. The van der Waals surface area contributed by atoms with Crippen LogP contribution in [0.5, 0.6) is 0 Å². The fourth-order valence-corrected chi connectivity index (χ4v) is 9.99. The second-order valence-electron chi connectivity index (χ2n) is 14.5. The Balaban J connectivity index is 1.16. The summed E-state index contributed by atoms with van der Waals surface area (Å²) in [5.41, 5.74) is 12.9. The number of benzene rings is 8. The molecule has 2 aromatic heterocycles. The Kier molecular flexibility index (Phi) is 6.21. The van der Waals surface area contributed by atoms with Gasteiger partial charge >= 0.3 is 0 Å². The van der Waals surface area contributed by atoms with Crippen LogP contribution in [-0.4, -0.2) is 0 Å². The van der Waals surface area contributed by atoms with E-state index in [0.29, 0.717) is 0 Å². The molecule has 0 aliphatic heterocycles. The Bertz CT molecular complexity index is 3050. The van der Waals surface area contributed by atoms with Crippen molar-refractivity contribution in [2.45, 2.75) is 19.3 Å². The first-order valence-corrected chi connectivity index (χ1v) is 18.7. The molecule has 0 N–H and O–H groups in total. The number of thiophene rings is 1. The molecule has 0 spiro atoms. The van der Waals surface area contributed by atoms with Crippen LogP contribution in [0.25, 0.3) is 75.1 Å². The van der Waals surface area contributed by atoms with Gasteiger partial charge in [0.2, 0.25) is 0 Å². The maximum Gasteiger partial charge on any atom is 0.135 e. The summed E-state index contributed by atoms with van der Waals surface area (Å²) in [5.74, 6) is 0. The predicted octanol–water partition coefficient (Wildman–Crippen LogP) is 14.6. The van der Waals surface area contributed by atoms with Gasteiger partial charge in [-0.2, -0.15) is 0 Å². The van der Waals surface area contributed by atoms with Gasteiger partial charge in [0.25, 0.3) is 0 Å². The van der Waals surface area contributed by atoms with E-state index in [1.165, 1.54) is 70.0 Å². The molecule has 0 saturated carbocycles. The fraction of sp³-hybridized carbons (Fsp3) is 0.0612. The van der Waals surface area contributed by atoms with E-state index in [1.54, 1.807) is 0 Å². The molecule has 2 heterocycles. The van der Waals surface area contributed by atoms with Gasteiger partial charge < -0.3 is 9.32 Å². The van der Waals surface area contributed by atoms with E-state index in [4.69, 9.17) is 4.42 Å². The molecule has 2 nitrogen and oxygen atoms in total. The lowest BCUT2D eigenvalue weighted by Gasteiger charge is -2.29. The minimum absolute atomic E-state index is 0.106. The number of furan rings is 1. The molecule has 10 aromatic rings. The number of rotatable bonds is 4. The van der Waals surface area contributed by atoms with E-state index in [-0.39, 0.29) is 5.41 Å². The molecule has 8 aromatic carbocycles. The lowest BCUT2D eigenvalue weighted by atomic mass is 9.82. The summed E-state index contributed by atoms with van der Waals surface area (Å²) in [6.07, 6.45) is 0. The van der Waals surface area contributed by atoms with E-state index < -0.39 is 0 Å². The molecule has 0 radical (unpaired) electrons. The van der Waals surface area contributed by atoms with Crippen molar-refractivity contribution in [2.24, 2.45) is 0 Å². The van der Waals surface area contributed by atoms with Crippen LogP contribution in [0, 0.1) is 0 Å². The Hall–Kier alpha value is -6.16. The normalized spacial score (nSPS) is 13.3. The van der Waals surface area contributed by atoms with Crippen molar-refractivity contribution >= 4 is 81.3 Å². The minimum atomic E-state index is -0.106. The zero-order chi connectivity index (χ0) is 34.6. The summed E-state index contributed by atoms with van der Waals surface area (Å²) >= 11 is 1.88. The standard InChI is InChI=1S/C49H33NOS/c1-49(2)39-17-8-5-15-36(39)47-40(49)18-11-19-41(47)50(33-26-27-43-38(29-33)35-14-6-9-20-42(35)51-43)32-24-22-30(23-25-32)46-34-13-4-3-12-31(34)28-45-48(46)37-16-7-10-21-44(37)52-45/h3-29H,1-2H3. The van der Waals surface area contributed by atoms with Gasteiger partial charge in [0, 0.05) is 53.3 Å². The van der Waals surface area contributed by atoms with E-state index >= 15 is 0 Å². The van der Waals surface area contributed by atoms with Crippen molar-refractivity contribution in [3.63, 3.8) is 0 Å². The van der Waals surface area contributed by atoms with E-state index in [9.17, 15) is 0 Å². The molecule has 3 heteroatoms. The van der Waals surface area contributed by atoms with E-state index in [2.05, 4.69) is 176 Å². The Morgan fingerprint density at radius 1 is 0.500 bits per heavy atom. The molecule has 0 fully saturated rings. The first-order valence-electron chi connectivity index (χ1n) is 17.9. The third-order valence-electron chi connectivity index (χ3n) is 11.2. The molecular formula is C49H33NOS. The first-order chi connectivity index (χ1) is 25.5. The highest BCUT2D eigenvalue weighted by molar-refractivity contribution is 7.26. The molecule has 0 bridgehead atoms. The topological polar surface area (TPSA) is 16.4 Å². The first kappa shape index (κ1) is 29.6. The van der Waals surface area contributed by atoms with Crippen molar-refractivity contribution in [2.75, 3.05) is 4.90 Å². The largest absolute Gasteiger partial charge is 0.456 e. The number of para-hydroxylation sites is 1. The summed E-state index contributed by atoms with van der Waals surface area (Å²) in [7, 11) is 0. The summed E-state index contributed by atoms with van der Waals surface area (Å²) in [4.78, 5) is 2.45. The van der Waals surface area contributed by atoms with Crippen molar-refractivity contribution < 1.29 is 4.42 Å². The minimum Gasteiger partial charge on any atom is -0.456 e. The molecule has 0 unspecified atom stereocenters. The third kappa shape index (κ3) is 4.17. The van der Waals surface area contributed by atoms with Gasteiger partial charge in [0.15, 0.2) is 0 Å². The zero-order valence-corrected chi connectivity index (χ0v) is 29.7. The van der Waals surface area contributed by atoms with E-state index in [1.807, 2.05) is 17.4 Å².